The quantitative estimate of drug-likeness (QED) is 0.118. The minimum atomic E-state index is -2.14. The van der Waals surface area contributed by atoms with Crippen molar-refractivity contribution in [2.75, 3.05) is 0 Å². The first-order valence-corrected chi connectivity index (χ1v) is 28.5. The van der Waals surface area contributed by atoms with E-state index in [0.717, 1.165) is 101 Å². The number of pyridine rings is 1. The van der Waals surface area contributed by atoms with Gasteiger partial charge in [0.2, 0.25) is 0 Å². The van der Waals surface area contributed by atoms with Crippen molar-refractivity contribution in [3.05, 3.63) is 181 Å². The summed E-state index contributed by atoms with van der Waals surface area (Å²) >= 11 is -1.86. The van der Waals surface area contributed by atoms with Gasteiger partial charge in [-0.25, -0.2) is 0 Å². The van der Waals surface area contributed by atoms with Crippen molar-refractivity contribution in [2.24, 2.45) is 5.92 Å². The molecular formula is C56H47GeIrN3O2-2. The van der Waals surface area contributed by atoms with Gasteiger partial charge in [0.05, 0.1) is 28.1 Å². The van der Waals surface area contributed by atoms with E-state index in [-0.39, 0.29) is 20.1 Å². The number of furan rings is 2. The molecule has 0 bridgehead atoms. The van der Waals surface area contributed by atoms with Crippen LogP contribution in [0.25, 0.3) is 94.4 Å². The Kier molecular flexibility index (Phi) is 10.6. The summed E-state index contributed by atoms with van der Waals surface area (Å²) < 4.78 is 39.4. The molecule has 0 aliphatic rings. The van der Waals surface area contributed by atoms with Gasteiger partial charge in [-0.05, 0) is 54.4 Å². The number of aryl methyl sites for hydroxylation is 1. The third-order valence-corrected chi connectivity index (χ3v) is 15.8. The molecule has 0 fully saturated rings. The standard InChI is InChI=1S/C38H23N2O2.C18H24GeN.Ir/c1-23-13-15-24(16-14-23)25-17-19-35-29(21-25)30-22-26(18-20-36(30)41-35)38-39-31-9-3-4-10-32(31)40(38)33-11-6-8-28-27-7-2-5-12-34(27)42-37(28)33;1-14(2)11-16-12-18(15-9-7-6-8-10-15)20-13-17(16)19(3,4)5;/h2-17,19-22H,1H3;6-9,12-14H,11H2,1-5H3;/q2*-1;/i1D3;;. The van der Waals surface area contributed by atoms with E-state index in [0.29, 0.717) is 11.5 Å². The summed E-state index contributed by atoms with van der Waals surface area (Å²) in [6.45, 7) is 2.44. The molecule has 4 heterocycles. The molecule has 5 nitrogen and oxygen atoms in total. The number of para-hydroxylation sites is 4. The number of fused-ring (bicyclic) bond motifs is 7. The molecule has 0 spiro atoms. The Morgan fingerprint density at radius 3 is 2.22 bits per heavy atom. The Bertz CT molecular complexity index is 3530. The third-order valence-electron chi connectivity index (χ3n) is 11.5. The van der Waals surface area contributed by atoms with Crippen molar-refractivity contribution in [1.82, 2.24) is 14.5 Å². The van der Waals surface area contributed by atoms with Gasteiger partial charge in [-0.1, -0.05) is 83.7 Å². The van der Waals surface area contributed by atoms with Crippen LogP contribution in [0.15, 0.2) is 167 Å². The van der Waals surface area contributed by atoms with Crippen LogP contribution in [0.3, 0.4) is 0 Å². The van der Waals surface area contributed by atoms with Gasteiger partial charge >= 0.3 is 126 Å². The van der Waals surface area contributed by atoms with E-state index in [2.05, 4.69) is 109 Å². The number of hydrogen-bond acceptors (Lipinski definition) is 4. The fourth-order valence-corrected chi connectivity index (χ4v) is 11.9. The Balaban J connectivity index is 0.000000221. The second-order valence-corrected chi connectivity index (χ2v) is 27.9. The van der Waals surface area contributed by atoms with Crippen molar-refractivity contribution in [1.29, 1.82) is 0 Å². The summed E-state index contributed by atoms with van der Waals surface area (Å²) in [6, 6.07) is 56.5. The molecule has 63 heavy (non-hydrogen) atoms. The van der Waals surface area contributed by atoms with Gasteiger partial charge in [0.25, 0.3) is 0 Å². The van der Waals surface area contributed by atoms with Crippen LogP contribution >= 0.6 is 0 Å². The molecule has 313 valence electrons. The van der Waals surface area contributed by atoms with Crippen LogP contribution in [0.4, 0.5) is 0 Å². The van der Waals surface area contributed by atoms with Crippen LogP contribution in [-0.4, -0.2) is 27.8 Å². The number of hydrogen-bond donors (Lipinski definition) is 0. The van der Waals surface area contributed by atoms with Gasteiger partial charge in [0.15, 0.2) is 5.58 Å². The normalized spacial score (nSPS) is 12.6. The monoisotopic (exact) mass is 1060 g/mol. The van der Waals surface area contributed by atoms with Crippen LogP contribution in [0.5, 0.6) is 0 Å². The maximum Gasteiger partial charge on any atom is 0.158 e. The molecule has 11 rings (SSSR count). The fourth-order valence-electron chi connectivity index (χ4n) is 8.53. The first-order chi connectivity index (χ1) is 31.3. The maximum atomic E-state index is 7.69. The number of aromatic nitrogens is 3. The predicted octanol–water partition coefficient (Wildman–Crippen LogP) is 14.6. The Labute approximate surface area is 388 Å². The van der Waals surface area contributed by atoms with E-state index < -0.39 is 20.1 Å². The zero-order valence-electron chi connectivity index (χ0n) is 38.8. The average Bonchev–Trinajstić information content (AvgIpc) is 4.00. The van der Waals surface area contributed by atoms with Crippen LogP contribution in [0, 0.1) is 24.9 Å². The minimum absolute atomic E-state index is 0. The largest absolute Gasteiger partial charge is 0.500 e. The molecule has 7 aromatic carbocycles. The molecule has 0 saturated carbocycles. The Morgan fingerprint density at radius 1 is 0.683 bits per heavy atom. The molecule has 11 aromatic rings. The van der Waals surface area contributed by atoms with Crippen molar-refractivity contribution in [3.8, 4) is 39.5 Å². The van der Waals surface area contributed by atoms with Crippen LogP contribution in [0.2, 0.25) is 17.3 Å². The number of benzene rings is 7. The van der Waals surface area contributed by atoms with Crippen molar-refractivity contribution >= 4 is 72.6 Å². The van der Waals surface area contributed by atoms with Gasteiger partial charge < -0.3 is 13.4 Å². The zero-order valence-corrected chi connectivity index (χ0v) is 40.3. The van der Waals surface area contributed by atoms with Gasteiger partial charge in [-0.15, -0.1) is 23.8 Å². The molecule has 7 heteroatoms. The second-order valence-electron chi connectivity index (χ2n) is 17.4. The molecule has 0 aliphatic carbocycles. The second kappa shape index (κ2) is 17.3. The van der Waals surface area contributed by atoms with Gasteiger partial charge in [0, 0.05) is 40.4 Å². The third kappa shape index (κ3) is 8.20. The van der Waals surface area contributed by atoms with Crippen molar-refractivity contribution in [2.45, 2.75) is 44.4 Å². The van der Waals surface area contributed by atoms with Gasteiger partial charge in [0.1, 0.15) is 11.2 Å². The number of imidazole rings is 1. The Morgan fingerprint density at radius 2 is 1.43 bits per heavy atom. The minimum Gasteiger partial charge on any atom is -0.500 e. The molecule has 0 unspecified atom stereocenters. The average molecular weight is 1060 g/mol. The molecule has 0 atom stereocenters. The van der Waals surface area contributed by atoms with Crippen molar-refractivity contribution < 1.29 is 33.1 Å². The van der Waals surface area contributed by atoms with Gasteiger partial charge in [-0.3, -0.25) is 4.98 Å². The predicted molar refractivity (Wildman–Crippen MR) is 260 cm³/mol. The molecular weight excluding hydrogens is 1010 g/mol. The molecule has 0 N–H and O–H groups in total. The topological polar surface area (TPSA) is 57.0 Å². The van der Waals surface area contributed by atoms with Crippen molar-refractivity contribution in [3.63, 3.8) is 0 Å². The fraction of sp³-hybridized carbons (Fsp3) is 0.143. The number of rotatable bonds is 7. The van der Waals surface area contributed by atoms with Gasteiger partial charge in [-0.2, -0.15) is 0 Å². The summed E-state index contributed by atoms with van der Waals surface area (Å²) in [5.41, 5.74) is 12.6. The Hall–Kier alpha value is -6.05. The molecule has 4 aromatic heterocycles. The molecule has 1 radical (unpaired) electrons. The summed E-state index contributed by atoms with van der Waals surface area (Å²) in [5, 5.41) is 4.02. The van der Waals surface area contributed by atoms with E-state index in [1.165, 1.54) is 5.56 Å². The van der Waals surface area contributed by atoms with Crippen LogP contribution < -0.4 is 4.40 Å². The maximum absolute atomic E-state index is 7.69. The summed E-state index contributed by atoms with van der Waals surface area (Å²) in [7, 11) is 0. The number of nitrogens with zero attached hydrogens (tertiary/aromatic N) is 3. The van der Waals surface area contributed by atoms with E-state index in [9.17, 15) is 0 Å². The van der Waals surface area contributed by atoms with Crippen LogP contribution in [-0.2, 0) is 26.5 Å². The molecule has 0 aliphatic heterocycles. The SMILES string of the molecule is CC(C)Cc1cc(-c2[c-]cccc2)nc[c]1[Ge]([CH3])([CH3])[CH3].[2H]C([2H])([2H])c1ccc(-c2ccc3oc4c[c-]c(-c5nc6ccccc6n5-c5cccc6c5oc5ccccc56)cc4c3c2)cc1.[Ir]. The first-order valence-electron chi connectivity index (χ1n) is 22.6. The summed E-state index contributed by atoms with van der Waals surface area (Å²) in [6.07, 6.45) is 3.27. The van der Waals surface area contributed by atoms with Crippen LogP contribution in [0.1, 0.15) is 29.1 Å². The summed E-state index contributed by atoms with van der Waals surface area (Å²) in [5.74, 6) is 8.74. The van der Waals surface area contributed by atoms with E-state index in [4.69, 9.17) is 22.9 Å². The van der Waals surface area contributed by atoms with E-state index in [1.807, 2.05) is 84.9 Å². The smallest absolute Gasteiger partial charge is 0.158 e. The van der Waals surface area contributed by atoms with E-state index >= 15 is 0 Å². The van der Waals surface area contributed by atoms with E-state index in [1.54, 1.807) is 16.5 Å². The first kappa shape index (κ1) is 38.6. The summed E-state index contributed by atoms with van der Waals surface area (Å²) in [4.78, 5) is 9.80. The molecule has 0 saturated heterocycles. The zero-order chi connectivity index (χ0) is 45.0. The molecule has 0 amide bonds.